The largest absolute Gasteiger partial charge is 0.479 e. The number of fused-ring (bicyclic) bond motifs is 5. The van der Waals surface area contributed by atoms with Crippen molar-refractivity contribution in [3.8, 4) is 11.1 Å². The number of amides is 1. The Bertz CT molecular complexity index is 898. The number of alkyl carbamates (subject to hydrolysis) is 1. The molecule has 2 bridgehead atoms. The summed E-state index contributed by atoms with van der Waals surface area (Å²) in [4.78, 5) is 23.6. The predicted molar refractivity (Wildman–Crippen MR) is 101 cm³/mol. The lowest BCUT2D eigenvalue weighted by atomic mass is 9.65. The van der Waals surface area contributed by atoms with Crippen LogP contribution in [0.3, 0.4) is 0 Å². The highest BCUT2D eigenvalue weighted by Gasteiger charge is 2.58. The summed E-state index contributed by atoms with van der Waals surface area (Å²) in [6, 6.07) is 16.2. The van der Waals surface area contributed by atoms with E-state index >= 15 is 0 Å². The normalized spacial score (nSPS) is 27.3. The molecular formula is C22H21NO5. The molecule has 6 heteroatoms. The monoisotopic (exact) mass is 379 g/mol. The zero-order chi connectivity index (χ0) is 19.3. The Morgan fingerprint density at radius 2 is 1.68 bits per heavy atom. The average Bonchev–Trinajstić information content (AvgIpc) is 3.00. The van der Waals surface area contributed by atoms with Crippen molar-refractivity contribution in [2.45, 2.75) is 30.4 Å². The Morgan fingerprint density at radius 3 is 2.21 bits per heavy atom. The third-order valence-electron chi connectivity index (χ3n) is 6.33. The number of hydrogen-bond acceptors (Lipinski definition) is 4. The molecule has 0 spiro atoms. The Kier molecular flexibility index (Phi) is 3.91. The van der Waals surface area contributed by atoms with Crippen LogP contribution >= 0.6 is 0 Å². The molecule has 6 nitrogen and oxygen atoms in total. The van der Waals surface area contributed by atoms with Crippen LogP contribution in [0.25, 0.3) is 11.1 Å². The van der Waals surface area contributed by atoms with Gasteiger partial charge in [-0.1, -0.05) is 48.5 Å². The Morgan fingerprint density at radius 1 is 1.07 bits per heavy atom. The van der Waals surface area contributed by atoms with Gasteiger partial charge in [0.05, 0.1) is 12.6 Å². The second-order valence-corrected chi connectivity index (χ2v) is 7.86. The molecule has 6 rings (SSSR count). The molecule has 1 amide bonds. The van der Waals surface area contributed by atoms with E-state index in [1.54, 1.807) is 0 Å². The van der Waals surface area contributed by atoms with E-state index in [1.807, 2.05) is 24.3 Å². The van der Waals surface area contributed by atoms with Crippen molar-refractivity contribution in [2.75, 3.05) is 13.2 Å². The van der Waals surface area contributed by atoms with Crippen molar-refractivity contribution >= 4 is 12.1 Å². The van der Waals surface area contributed by atoms with E-state index < -0.39 is 17.7 Å². The van der Waals surface area contributed by atoms with E-state index in [-0.39, 0.29) is 31.1 Å². The van der Waals surface area contributed by atoms with Gasteiger partial charge in [-0.25, -0.2) is 9.59 Å². The lowest BCUT2D eigenvalue weighted by Gasteiger charge is -2.52. The highest BCUT2D eigenvalue weighted by Crippen LogP contribution is 2.47. The Hall–Kier alpha value is -2.86. The van der Waals surface area contributed by atoms with Crippen LogP contribution in [0, 0.1) is 5.92 Å². The fourth-order valence-electron chi connectivity index (χ4n) is 4.76. The molecule has 1 saturated carbocycles. The molecule has 3 fully saturated rings. The molecule has 1 unspecified atom stereocenters. The summed E-state index contributed by atoms with van der Waals surface area (Å²) in [6.07, 6.45) is 0.401. The third kappa shape index (κ3) is 2.59. The molecule has 1 atom stereocenters. The van der Waals surface area contributed by atoms with Gasteiger partial charge in [-0.05, 0) is 41.0 Å². The Labute approximate surface area is 162 Å². The maximum absolute atomic E-state index is 12.4. The molecule has 2 aromatic carbocycles. The summed E-state index contributed by atoms with van der Waals surface area (Å²) >= 11 is 0. The van der Waals surface area contributed by atoms with E-state index in [0.717, 1.165) is 0 Å². The summed E-state index contributed by atoms with van der Waals surface area (Å²) in [6.45, 7) is 0.471. The van der Waals surface area contributed by atoms with Crippen molar-refractivity contribution < 1.29 is 24.2 Å². The second kappa shape index (κ2) is 6.34. The number of rotatable bonds is 4. The van der Waals surface area contributed by atoms with Crippen LogP contribution in [0.1, 0.15) is 29.9 Å². The van der Waals surface area contributed by atoms with Crippen LogP contribution in [0.2, 0.25) is 0 Å². The molecule has 2 saturated heterocycles. The predicted octanol–water partition coefficient (Wildman–Crippen LogP) is 3.16. The number of carboxylic acids is 1. The van der Waals surface area contributed by atoms with Gasteiger partial charge >= 0.3 is 12.1 Å². The summed E-state index contributed by atoms with van der Waals surface area (Å²) in [5, 5.41) is 12.1. The third-order valence-corrected chi connectivity index (χ3v) is 6.33. The van der Waals surface area contributed by atoms with Gasteiger partial charge in [-0.3, -0.25) is 0 Å². The lowest BCUT2D eigenvalue weighted by molar-refractivity contribution is -0.213. The van der Waals surface area contributed by atoms with E-state index in [4.69, 9.17) is 9.47 Å². The number of carbonyl (C=O) groups is 2. The first-order valence-electron chi connectivity index (χ1n) is 9.56. The van der Waals surface area contributed by atoms with Crippen molar-refractivity contribution in [3.05, 3.63) is 59.7 Å². The van der Waals surface area contributed by atoms with Crippen molar-refractivity contribution in [3.63, 3.8) is 0 Å². The fourth-order valence-corrected chi connectivity index (χ4v) is 4.76. The minimum atomic E-state index is -1.04. The minimum Gasteiger partial charge on any atom is -0.479 e. The average molecular weight is 379 g/mol. The quantitative estimate of drug-likeness (QED) is 0.852. The molecule has 4 aliphatic rings. The van der Waals surface area contributed by atoms with E-state index in [1.165, 1.54) is 22.3 Å². The molecule has 2 aromatic rings. The highest BCUT2D eigenvalue weighted by molar-refractivity contribution is 5.80. The van der Waals surface area contributed by atoms with E-state index in [2.05, 4.69) is 29.6 Å². The fraction of sp³-hybridized carbons (Fsp3) is 0.364. The van der Waals surface area contributed by atoms with Gasteiger partial charge in [0.1, 0.15) is 6.61 Å². The van der Waals surface area contributed by atoms with Crippen LogP contribution in [0.15, 0.2) is 48.5 Å². The van der Waals surface area contributed by atoms with Crippen LogP contribution in [0.5, 0.6) is 0 Å². The molecule has 2 aliphatic heterocycles. The highest BCUT2D eigenvalue weighted by atomic mass is 16.6. The number of benzene rings is 2. The number of hydrogen-bond donors (Lipinski definition) is 2. The first-order valence-corrected chi connectivity index (χ1v) is 9.56. The lowest BCUT2D eigenvalue weighted by Crippen LogP contribution is -2.65. The Balaban J connectivity index is 1.23. The number of aliphatic carboxylic acids is 1. The number of nitrogens with one attached hydrogen (secondary N) is 1. The second-order valence-electron chi connectivity index (χ2n) is 7.86. The van der Waals surface area contributed by atoms with Crippen molar-refractivity contribution in [1.82, 2.24) is 5.32 Å². The molecule has 2 heterocycles. The zero-order valence-corrected chi connectivity index (χ0v) is 15.3. The summed E-state index contributed by atoms with van der Waals surface area (Å²) in [5.41, 5.74) is 3.68. The molecule has 0 radical (unpaired) electrons. The van der Waals surface area contributed by atoms with Crippen molar-refractivity contribution in [1.29, 1.82) is 0 Å². The topological polar surface area (TPSA) is 84.9 Å². The van der Waals surface area contributed by atoms with Gasteiger partial charge in [0.15, 0.2) is 5.60 Å². The van der Waals surface area contributed by atoms with E-state index in [0.29, 0.717) is 12.8 Å². The van der Waals surface area contributed by atoms with Gasteiger partial charge in [0.25, 0.3) is 0 Å². The minimum absolute atomic E-state index is 0.0177. The molecular weight excluding hydrogens is 358 g/mol. The summed E-state index contributed by atoms with van der Waals surface area (Å²) in [7, 11) is 0. The van der Waals surface area contributed by atoms with Crippen LogP contribution in [-0.4, -0.2) is 42.0 Å². The van der Waals surface area contributed by atoms with Gasteiger partial charge in [0, 0.05) is 5.92 Å². The SMILES string of the molecule is O=C(NC1COC2(C(=O)O)CC1C2)OCC1c2ccccc2-c2ccccc21. The number of carboxylic acid groups (broad SMARTS) is 1. The summed E-state index contributed by atoms with van der Waals surface area (Å²) in [5.74, 6) is -0.766. The maximum Gasteiger partial charge on any atom is 0.407 e. The van der Waals surface area contributed by atoms with Crippen LogP contribution < -0.4 is 5.32 Å². The molecule has 2 aliphatic carbocycles. The molecule has 0 aromatic heterocycles. The van der Waals surface area contributed by atoms with E-state index in [9.17, 15) is 14.7 Å². The molecule has 144 valence electrons. The first kappa shape index (κ1) is 17.3. The van der Waals surface area contributed by atoms with Gasteiger partial charge in [-0.2, -0.15) is 0 Å². The van der Waals surface area contributed by atoms with Gasteiger partial charge in [-0.15, -0.1) is 0 Å². The molecule has 2 N–H and O–H groups in total. The van der Waals surface area contributed by atoms with Gasteiger partial charge in [0.2, 0.25) is 0 Å². The zero-order valence-electron chi connectivity index (χ0n) is 15.3. The summed E-state index contributed by atoms with van der Waals surface area (Å²) < 4.78 is 11.1. The standard InChI is InChI=1S/C22H21NO5/c24-20(25)22-9-13(10-22)19(12-28-22)23-21(26)27-11-18-16-7-3-1-5-14(16)15-6-2-4-8-17(15)18/h1-8,13,18-19H,9-12H2,(H,23,26)(H,24,25). The number of ether oxygens (including phenoxy) is 2. The van der Waals surface area contributed by atoms with Crippen LogP contribution in [0.4, 0.5) is 4.79 Å². The van der Waals surface area contributed by atoms with Gasteiger partial charge < -0.3 is 19.9 Å². The van der Waals surface area contributed by atoms with Crippen LogP contribution in [-0.2, 0) is 14.3 Å². The number of carbonyl (C=O) groups excluding carboxylic acids is 1. The van der Waals surface area contributed by atoms with Crippen molar-refractivity contribution in [2.24, 2.45) is 5.92 Å². The first-order chi connectivity index (χ1) is 13.6. The smallest absolute Gasteiger partial charge is 0.407 e. The molecule has 28 heavy (non-hydrogen) atoms. The maximum atomic E-state index is 12.4.